The van der Waals surface area contributed by atoms with Gasteiger partial charge >= 0.3 is 0 Å². The Kier molecular flexibility index (Phi) is 4.47. The molecule has 0 radical (unpaired) electrons. The van der Waals surface area contributed by atoms with Crippen LogP contribution in [0.4, 0.5) is 5.69 Å². The van der Waals surface area contributed by atoms with E-state index in [2.05, 4.69) is 17.3 Å². The topological polar surface area (TPSA) is 49.4 Å². The highest BCUT2D eigenvalue weighted by atomic mass is 32.2. The summed E-state index contributed by atoms with van der Waals surface area (Å²) in [4.78, 5) is 2.74. The van der Waals surface area contributed by atoms with E-state index in [4.69, 9.17) is 0 Å². The first kappa shape index (κ1) is 14.3. The van der Waals surface area contributed by atoms with Gasteiger partial charge in [0.05, 0.1) is 4.90 Å². The van der Waals surface area contributed by atoms with Crippen molar-refractivity contribution in [2.75, 3.05) is 31.7 Å². The lowest BCUT2D eigenvalue weighted by Crippen LogP contribution is -2.40. The Labute approximate surface area is 115 Å². The average Bonchev–Trinajstić information content (AvgIpc) is 2.37. The molecule has 1 heterocycles. The minimum Gasteiger partial charge on any atom is -0.383 e. The number of nitrogens with one attached hydrogen (secondary N) is 1. The summed E-state index contributed by atoms with van der Waals surface area (Å²) in [6.45, 7) is 2.01. The summed E-state index contributed by atoms with van der Waals surface area (Å²) in [6, 6.07) is 7.57. The van der Waals surface area contributed by atoms with Crippen molar-refractivity contribution in [2.45, 2.75) is 30.2 Å². The number of likely N-dealkylation sites (tertiary alicyclic amines) is 1. The van der Waals surface area contributed by atoms with Crippen LogP contribution in [-0.4, -0.2) is 45.8 Å². The van der Waals surface area contributed by atoms with Crippen molar-refractivity contribution >= 4 is 15.5 Å². The number of piperidine rings is 1. The second kappa shape index (κ2) is 5.92. The molecule has 1 aromatic rings. The van der Waals surface area contributed by atoms with Crippen molar-refractivity contribution in [3.63, 3.8) is 0 Å². The van der Waals surface area contributed by atoms with Crippen LogP contribution in [0.2, 0.25) is 0 Å². The number of hydrogen-bond acceptors (Lipinski definition) is 4. The minimum atomic E-state index is -3.13. The van der Waals surface area contributed by atoms with E-state index in [9.17, 15) is 8.42 Å². The fourth-order valence-electron chi connectivity index (χ4n) is 2.47. The Balaban J connectivity index is 2.00. The summed E-state index contributed by atoms with van der Waals surface area (Å²) in [6.07, 6.45) is 4.99. The highest BCUT2D eigenvalue weighted by molar-refractivity contribution is 7.90. The third-order valence-electron chi connectivity index (χ3n) is 3.73. The minimum absolute atomic E-state index is 0.370. The zero-order valence-electron chi connectivity index (χ0n) is 11.6. The zero-order chi connectivity index (χ0) is 13.9. The molecule has 106 valence electrons. The molecule has 0 aromatic heterocycles. The summed E-state index contributed by atoms with van der Waals surface area (Å²) in [5.74, 6) is 0. The molecule has 0 saturated carbocycles. The van der Waals surface area contributed by atoms with Crippen molar-refractivity contribution in [3.05, 3.63) is 24.3 Å². The van der Waals surface area contributed by atoms with Crippen molar-refractivity contribution in [1.82, 2.24) is 4.90 Å². The summed E-state index contributed by atoms with van der Waals surface area (Å²) in [7, 11) is -0.978. The Bertz CT molecular complexity index is 528. The summed E-state index contributed by atoms with van der Waals surface area (Å²) < 4.78 is 23.0. The van der Waals surface area contributed by atoms with E-state index in [1.54, 1.807) is 18.2 Å². The van der Waals surface area contributed by atoms with Gasteiger partial charge in [0.1, 0.15) is 0 Å². The number of likely N-dealkylation sites (N-methyl/N-ethyl adjacent to an activating group) is 1. The second-order valence-corrected chi connectivity index (χ2v) is 7.33. The molecular weight excluding hydrogens is 260 g/mol. The fraction of sp³-hybridized carbons (Fsp3) is 0.571. The number of benzene rings is 1. The predicted octanol–water partition coefficient (Wildman–Crippen LogP) is 1.99. The molecule has 1 fully saturated rings. The zero-order valence-corrected chi connectivity index (χ0v) is 12.4. The van der Waals surface area contributed by atoms with E-state index in [1.807, 2.05) is 6.07 Å². The first-order valence-corrected chi connectivity index (χ1v) is 8.60. The Morgan fingerprint density at radius 1 is 1.37 bits per heavy atom. The van der Waals surface area contributed by atoms with E-state index in [0.29, 0.717) is 10.9 Å². The Hall–Kier alpha value is -1.07. The van der Waals surface area contributed by atoms with Crippen molar-refractivity contribution in [1.29, 1.82) is 0 Å². The summed E-state index contributed by atoms with van der Waals surface area (Å²) in [5.41, 5.74) is 0.877. The van der Waals surface area contributed by atoms with E-state index >= 15 is 0 Å². The third-order valence-corrected chi connectivity index (χ3v) is 4.84. The van der Waals surface area contributed by atoms with Gasteiger partial charge in [-0.2, -0.15) is 0 Å². The largest absolute Gasteiger partial charge is 0.383 e. The number of hydrogen-bond donors (Lipinski definition) is 1. The van der Waals surface area contributed by atoms with E-state index in [0.717, 1.165) is 18.8 Å². The van der Waals surface area contributed by atoms with Gasteiger partial charge in [0.2, 0.25) is 0 Å². The maximum Gasteiger partial charge on any atom is 0.175 e. The molecule has 0 aliphatic carbocycles. The SMILES string of the molecule is CN1CCCCC1CNc1cccc(S(C)(=O)=O)c1. The smallest absolute Gasteiger partial charge is 0.175 e. The molecule has 1 unspecified atom stereocenters. The third kappa shape index (κ3) is 3.94. The second-order valence-electron chi connectivity index (χ2n) is 5.31. The molecule has 1 aliphatic heterocycles. The molecule has 0 amide bonds. The molecule has 5 heteroatoms. The van der Waals surface area contributed by atoms with Crippen molar-refractivity contribution in [2.24, 2.45) is 0 Å². The molecule has 19 heavy (non-hydrogen) atoms. The monoisotopic (exact) mass is 282 g/mol. The molecule has 2 rings (SSSR count). The molecule has 1 aromatic carbocycles. The van der Waals surface area contributed by atoms with Crippen LogP contribution >= 0.6 is 0 Å². The molecule has 1 saturated heterocycles. The van der Waals surface area contributed by atoms with Gasteiger partial charge in [0, 0.05) is 24.5 Å². The first-order chi connectivity index (χ1) is 8.97. The van der Waals surface area contributed by atoms with Crippen molar-refractivity contribution < 1.29 is 8.42 Å². The quantitative estimate of drug-likeness (QED) is 0.917. The lowest BCUT2D eigenvalue weighted by molar-refractivity contribution is 0.194. The van der Waals surface area contributed by atoms with Crippen LogP contribution in [0.5, 0.6) is 0 Å². The molecule has 4 nitrogen and oxygen atoms in total. The standard InChI is InChI=1S/C14H22N2O2S/c1-16-9-4-3-7-13(16)11-15-12-6-5-8-14(10-12)19(2,17)18/h5-6,8,10,13,15H,3-4,7,9,11H2,1-2H3. The maximum atomic E-state index is 11.5. The lowest BCUT2D eigenvalue weighted by Gasteiger charge is -2.32. The van der Waals surface area contributed by atoms with Crippen LogP contribution in [-0.2, 0) is 9.84 Å². The van der Waals surface area contributed by atoms with Crippen LogP contribution < -0.4 is 5.32 Å². The lowest BCUT2D eigenvalue weighted by atomic mass is 10.0. The van der Waals surface area contributed by atoms with Crippen molar-refractivity contribution in [3.8, 4) is 0 Å². The van der Waals surface area contributed by atoms with Gasteiger partial charge in [0.25, 0.3) is 0 Å². The van der Waals surface area contributed by atoms with Gasteiger partial charge in [0.15, 0.2) is 9.84 Å². The van der Waals surface area contributed by atoms with E-state index in [1.165, 1.54) is 25.5 Å². The van der Waals surface area contributed by atoms with Gasteiger partial charge in [-0.25, -0.2) is 8.42 Å². The number of anilines is 1. The van der Waals surface area contributed by atoms with Gasteiger partial charge in [-0.3, -0.25) is 0 Å². The normalized spacial score (nSPS) is 21.3. The molecule has 0 spiro atoms. The fourth-order valence-corrected chi connectivity index (χ4v) is 3.14. The Morgan fingerprint density at radius 3 is 2.84 bits per heavy atom. The number of nitrogens with zero attached hydrogens (tertiary/aromatic N) is 1. The van der Waals surface area contributed by atoms with Gasteiger partial charge in [-0.15, -0.1) is 0 Å². The molecular formula is C14H22N2O2S. The maximum absolute atomic E-state index is 11.5. The van der Waals surface area contributed by atoms with E-state index in [-0.39, 0.29) is 0 Å². The van der Waals surface area contributed by atoms with Crippen LogP contribution in [0.3, 0.4) is 0 Å². The molecule has 1 atom stereocenters. The molecule has 1 aliphatic rings. The number of sulfone groups is 1. The van der Waals surface area contributed by atoms with E-state index < -0.39 is 9.84 Å². The molecule has 0 bridgehead atoms. The van der Waals surface area contributed by atoms with Gasteiger partial charge < -0.3 is 10.2 Å². The van der Waals surface area contributed by atoms with Crippen LogP contribution in [0.25, 0.3) is 0 Å². The van der Waals surface area contributed by atoms with Crippen LogP contribution in [0.1, 0.15) is 19.3 Å². The highest BCUT2D eigenvalue weighted by Gasteiger charge is 2.18. The molecule has 1 N–H and O–H groups in total. The summed E-state index contributed by atoms with van der Waals surface area (Å²) in [5, 5.41) is 3.35. The van der Waals surface area contributed by atoms with Gasteiger partial charge in [-0.05, 0) is 44.6 Å². The summed E-state index contributed by atoms with van der Waals surface area (Å²) >= 11 is 0. The Morgan fingerprint density at radius 2 is 2.16 bits per heavy atom. The first-order valence-electron chi connectivity index (χ1n) is 6.71. The van der Waals surface area contributed by atoms with Crippen LogP contribution in [0.15, 0.2) is 29.2 Å². The number of rotatable bonds is 4. The predicted molar refractivity (Wildman–Crippen MR) is 78.3 cm³/mol. The van der Waals surface area contributed by atoms with Gasteiger partial charge in [-0.1, -0.05) is 12.5 Å². The average molecular weight is 282 g/mol. The highest BCUT2D eigenvalue weighted by Crippen LogP contribution is 2.18. The van der Waals surface area contributed by atoms with Crippen LogP contribution in [0, 0.1) is 0 Å².